The zero-order valence-electron chi connectivity index (χ0n) is 11.9. The van der Waals surface area contributed by atoms with Crippen LogP contribution < -0.4 is 9.47 Å². The molecule has 0 unspecified atom stereocenters. The van der Waals surface area contributed by atoms with Crippen LogP contribution in [0, 0.1) is 0 Å². The van der Waals surface area contributed by atoms with Crippen LogP contribution in [0.5, 0.6) is 11.5 Å². The Morgan fingerprint density at radius 1 is 1.23 bits per heavy atom. The molecule has 0 saturated carbocycles. The van der Waals surface area contributed by atoms with Crippen LogP contribution in [0.25, 0.3) is 0 Å². The first-order chi connectivity index (χ1) is 10.5. The summed E-state index contributed by atoms with van der Waals surface area (Å²) in [6.07, 6.45) is 1.55. The second-order valence-electron chi connectivity index (χ2n) is 4.26. The summed E-state index contributed by atoms with van der Waals surface area (Å²) in [6, 6.07) is 6.53. The van der Waals surface area contributed by atoms with E-state index >= 15 is 0 Å². The minimum Gasteiger partial charge on any atom is -0.495 e. The van der Waals surface area contributed by atoms with Crippen molar-refractivity contribution in [2.24, 2.45) is 0 Å². The number of carbonyl (C=O) groups excluding carboxylic acids is 1. The Hall–Kier alpha value is -1.79. The maximum Gasteiger partial charge on any atom is 0.338 e. The number of aromatic nitrogens is 1. The second-order valence-corrected chi connectivity index (χ2v) is 5.44. The van der Waals surface area contributed by atoms with E-state index in [2.05, 4.69) is 20.9 Å². The predicted octanol–water partition coefficient (Wildman–Crippen LogP) is 3.87. The Labute approximate surface area is 141 Å². The van der Waals surface area contributed by atoms with Crippen LogP contribution in [0.15, 0.2) is 34.9 Å². The number of methoxy groups -OCH3 is 2. The number of hydrogen-bond donors (Lipinski definition) is 0. The minimum atomic E-state index is -0.487. The summed E-state index contributed by atoms with van der Waals surface area (Å²) in [7, 11) is 3.02. The molecule has 5 nitrogen and oxygen atoms in total. The molecule has 2 rings (SSSR count). The monoisotopic (exact) mass is 385 g/mol. The summed E-state index contributed by atoms with van der Waals surface area (Å²) < 4.78 is 16.3. The van der Waals surface area contributed by atoms with Crippen LogP contribution in [-0.4, -0.2) is 25.2 Å². The molecule has 116 valence electrons. The standard InChI is InChI=1S/C15H13BrClNO4/c1-20-11-5-10(6-12(21-2)14(11)16)15(19)22-8-9-3-4-13(17)18-7-9/h3-7H,8H2,1-2H3. The third-order valence-corrected chi connectivity index (χ3v) is 3.85. The molecule has 0 bridgehead atoms. The normalized spacial score (nSPS) is 10.2. The van der Waals surface area contributed by atoms with Crippen molar-refractivity contribution in [3.05, 3.63) is 51.2 Å². The SMILES string of the molecule is COc1cc(C(=O)OCc2ccc(Cl)nc2)cc(OC)c1Br. The summed E-state index contributed by atoms with van der Waals surface area (Å²) in [5.41, 5.74) is 1.08. The van der Waals surface area contributed by atoms with Gasteiger partial charge in [0, 0.05) is 11.8 Å². The van der Waals surface area contributed by atoms with Crippen LogP contribution in [0.1, 0.15) is 15.9 Å². The smallest absolute Gasteiger partial charge is 0.338 e. The Morgan fingerprint density at radius 2 is 1.86 bits per heavy atom. The Morgan fingerprint density at radius 3 is 2.36 bits per heavy atom. The molecule has 0 fully saturated rings. The fourth-order valence-electron chi connectivity index (χ4n) is 1.71. The van der Waals surface area contributed by atoms with Crippen molar-refractivity contribution in [3.63, 3.8) is 0 Å². The fourth-order valence-corrected chi connectivity index (χ4v) is 2.38. The number of benzene rings is 1. The quantitative estimate of drug-likeness (QED) is 0.577. The van der Waals surface area contributed by atoms with Gasteiger partial charge in [-0.2, -0.15) is 0 Å². The van der Waals surface area contributed by atoms with Crippen molar-refractivity contribution in [1.29, 1.82) is 0 Å². The molecule has 0 radical (unpaired) electrons. The molecular formula is C15H13BrClNO4. The maximum atomic E-state index is 12.1. The van der Waals surface area contributed by atoms with E-state index < -0.39 is 5.97 Å². The van der Waals surface area contributed by atoms with Gasteiger partial charge in [0.2, 0.25) is 0 Å². The molecule has 1 heterocycles. The van der Waals surface area contributed by atoms with Crippen LogP contribution in [-0.2, 0) is 11.3 Å². The molecule has 0 spiro atoms. The number of pyridine rings is 1. The first-order valence-electron chi connectivity index (χ1n) is 6.24. The summed E-state index contributed by atoms with van der Waals surface area (Å²) in [4.78, 5) is 16.1. The van der Waals surface area contributed by atoms with Gasteiger partial charge in [0.15, 0.2) is 0 Å². The van der Waals surface area contributed by atoms with Crippen molar-refractivity contribution in [2.75, 3.05) is 14.2 Å². The molecule has 0 atom stereocenters. The van der Waals surface area contributed by atoms with E-state index in [0.29, 0.717) is 26.7 Å². The lowest BCUT2D eigenvalue weighted by atomic mass is 10.2. The zero-order chi connectivity index (χ0) is 16.1. The lowest BCUT2D eigenvalue weighted by Crippen LogP contribution is -2.06. The van der Waals surface area contributed by atoms with Gasteiger partial charge in [-0.25, -0.2) is 9.78 Å². The Kier molecular flexibility index (Phi) is 5.63. The average Bonchev–Trinajstić information content (AvgIpc) is 2.54. The highest BCUT2D eigenvalue weighted by atomic mass is 79.9. The van der Waals surface area contributed by atoms with E-state index in [1.807, 2.05) is 0 Å². The molecule has 0 saturated heterocycles. The summed E-state index contributed by atoms with van der Waals surface area (Å²) in [6.45, 7) is 0.101. The van der Waals surface area contributed by atoms with E-state index in [-0.39, 0.29) is 6.61 Å². The van der Waals surface area contributed by atoms with E-state index in [0.717, 1.165) is 5.56 Å². The van der Waals surface area contributed by atoms with Gasteiger partial charge in [0.25, 0.3) is 0 Å². The molecule has 0 aliphatic heterocycles. The molecule has 0 aliphatic rings. The largest absolute Gasteiger partial charge is 0.495 e. The van der Waals surface area contributed by atoms with E-state index in [9.17, 15) is 4.79 Å². The van der Waals surface area contributed by atoms with E-state index in [4.69, 9.17) is 25.8 Å². The predicted molar refractivity (Wildman–Crippen MR) is 85.6 cm³/mol. The van der Waals surface area contributed by atoms with E-state index in [1.165, 1.54) is 14.2 Å². The van der Waals surface area contributed by atoms with Crippen molar-refractivity contribution in [1.82, 2.24) is 4.98 Å². The number of carbonyl (C=O) groups is 1. The number of hydrogen-bond acceptors (Lipinski definition) is 5. The molecule has 1 aromatic heterocycles. The van der Waals surface area contributed by atoms with Crippen LogP contribution in [0.2, 0.25) is 5.15 Å². The van der Waals surface area contributed by atoms with Gasteiger partial charge in [-0.15, -0.1) is 0 Å². The van der Waals surface area contributed by atoms with Crippen LogP contribution in [0.3, 0.4) is 0 Å². The van der Waals surface area contributed by atoms with Gasteiger partial charge in [-0.3, -0.25) is 0 Å². The summed E-state index contributed by atoms with van der Waals surface area (Å²) >= 11 is 9.05. The topological polar surface area (TPSA) is 57.7 Å². The number of ether oxygens (including phenoxy) is 3. The molecule has 7 heteroatoms. The van der Waals surface area contributed by atoms with Gasteiger partial charge in [0.05, 0.1) is 19.8 Å². The number of rotatable bonds is 5. The molecule has 22 heavy (non-hydrogen) atoms. The number of halogens is 2. The Bertz CT molecular complexity index is 651. The van der Waals surface area contributed by atoms with Crippen molar-refractivity contribution in [3.8, 4) is 11.5 Å². The maximum absolute atomic E-state index is 12.1. The first kappa shape index (κ1) is 16.6. The fraction of sp³-hybridized carbons (Fsp3) is 0.200. The van der Waals surface area contributed by atoms with Crippen LogP contribution >= 0.6 is 27.5 Å². The molecule has 1 aromatic carbocycles. The van der Waals surface area contributed by atoms with Crippen LogP contribution in [0.4, 0.5) is 0 Å². The highest BCUT2D eigenvalue weighted by Crippen LogP contribution is 2.35. The highest BCUT2D eigenvalue weighted by Gasteiger charge is 2.15. The van der Waals surface area contributed by atoms with Crippen molar-refractivity contribution >= 4 is 33.5 Å². The van der Waals surface area contributed by atoms with Crippen molar-refractivity contribution in [2.45, 2.75) is 6.61 Å². The number of nitrogens with zero attached hydrogens (tertiary/aromatic N) is 1. The van der Waals surface area contributed by atoms with Gasteiger partial charge >= 0.3 is 5.97 Å². The molecule has 0 N–H and O–H groups in total. The van der Waals surface area contributed by atoms with Gasteiger partial charge in [0.1, 0.15) is 27.7 Å². The second kappa shape index (κ2) is 7.47. The lowest BCUT2D eigenvalue weighted by Gasteiger charge is -2.11. The average molecular weight is 387 g/mol. The Balaban J connectivity index is 2.13. The summed E-state index contributed by atoms with van der Waals surface area (Å²) in [5.74, 6) is 0.484. The third kappa shape index (κ3) is 3.90. The summed E-state index contributed by atoms with van der Waals surface area (Å²) in [5, 5.41) is 0.387. The zero-order valence-corrected chi connectivity index (χ0v) is 14.3. The highest BCUT2D eigenvalue weighted by molar-refractivity contribution is 9.10. The third-order valence-electron chi connectivity index (χ3n) is 2.84. The molecular weight excluding hydrogens is 374 g/mol. The van der Waals surface area contributed by atoms with Gasteiger partial charge in [-0.05, 0) is 34.1 Å². The van der Waals surface area contributed by atoms with Gasteiger partial charge in [-0.1, -0.05) is 17.7 Å². The van der Waals surface area contributed by atoms with Crippen molar-refractivity contribution < 1.29 is 19.0 Å². The molecule has 2 aromatic rings. The molecule has 0 aliphatic carbocycles. The van der Waals surface area contributed by atoms with Gasteiger partial charge < -0.3 is 14.2 Å². The molecule has 0 amide bonds. The first-order valence-corrected chi connectivity index (χ1v) is 7.41. The number of esters is 1. The van der Waals surface area contributed by atoms with E-state index in [1.54, 1.807) is 30.5 Å². The lowest BCUT2D eigenvalue weighted by molar-refractivity contribution is 0.0471. The minimum absolute atomic E-state index is 0.101.